The van der Waals surface area contributed by atoms with Crippen molar-refractivity contribution in [2.24, 2.45) is 4.99 Å². The molecule has 0 fully saturated rings. The van der Waals surface area contributed by atoms with Gasteiger partial charge in [-0.3, -0.25) is 4.99 Å². The Hall–Kier alpha value is -6.13. The zero-order valence-corrected chi connectivity index (χ0v) is 24.9. The van der Waals surface area contributed by atoms with Crippen molar-refractivity contribution in [1.29, 1.82) is 0 Å². The zero-order chi connectivity index (χ0) is 30.2. The minimum Gasteiger partial charge on any atom is -0.646 e. The van der Waals surface area contributed by atoms with Crippen molar-refractivity contribution in [1.82, 2.24) is 9.13 Å². The van der Waals surface area contributed by atoms with Crippen molar-refractivity contribution < 1.29 is 0 Å². The predicted octanol–water partition coefficient (Wildman–Crippen LogP) is 11.1. The summed E-state index contributed by atoms with van der Waals surface area (Å²) >= 11 is 0. The van der Waals surface area contributed by atoms with Crippen molar-refractivity contribution in [3.8, 4) is 5.69 Å². The molecule has 0 saturated carbocycles. The fraction of sp³-hybridized carbons (Fsp3) is 0.0238. The summed E-state index contributed by atoms with van der Waals surface area (Å²) in [5.74, 6) is 0. The van der Waals surface area contributed by atoms with Crippen LogP contribution < -0.4 is 0 Å². The van der Waals surface area contributed by atoms with Crippen LogP contribution in [-0.4, -0.2) is 14.8 Å². The van der Waals surface area contributed by atoms with Crippen LogP contribution in [0.5, 0.6) is 0 Å². The summed E-state index contributed by atoms with van der Waals surface area (Å²) in [6.07, 6.45) is -0.501. The molecule has 46 heavy (non-hydrogen) atoms. The summed E-state index contributed by atoms with van der Waals surface area (Å²) in [4.78, 5) is 5.48. The fourth-order valence-electron chi connectivity index (χ4n) is 7.50. The summed E-state index contributed by atoms with van der Waals surface area (Å²) in [5.41, 5.74) is 9.78. The smallest absolute Gasteiger partial charge is 0.0785 e. The molecule has 216 valence electrons. The van der Waals surface area contributed by atoms with Crippen LogP contribution in [0.25, 0.3) is 65.4 Å². The molecular weight excluding hydrogens is 560 g/mol. The summed E-state index contributed by atoms with van der Waals surface area (Å²) in [6.45, 7) is 0. The fourth-order valence-corrected chi connectivity index (χ4v) is 7.50. The number of aromatic nitrogens is 2. The number of nitrogens with zero attached hydrogens (tertiary/aromatic N) is 4. The van der Waals surface area contributed by atoms with Gasteiger partial charge in [0, 0.05) is 32.8 Å². The molecular formula is C42H27N4-. The van der Waals surface area contributed by atoms with Crippen molar-refractivity contribution in [3.63, 3.8) is 0 Å². The number of rotatable bonds is 3. The van der Waals surface area contributed by atoms with E-state index >= 15 is 0 Å². The highest BCUT2D eigenvalue weighted by Gasteiger charge is 2.24. The highest BCUT2D eigenvalue weighted by atomic mass is 15.3. The molecule has 0 spiro atoms. The lowest BCUT2D eigenvalue weighted by atomic mass is 9.99. The summed E-state index contributed by atoms with van der Waals surface area (Å²) in [6, 6.07) is 56.1. The molecule has 1 atom stereocenters. The lowest BCUT2D eigenvalue weighted by Crippen LogP contribution is -2.16. The zero-order valence-electron chi connectivity index (χ0n) is 24.9. The molecule has 0 N–H and O–H groups in total. The van der Waals surface area contributed by atoms with Gasteiger partial charge in [-0.25, -0.2) is 0 Å². The predicted molar refractivity (Wildman–Crippen MR) is 192 cm³/mol. The normalized spacial score (nSPS) is 14.6. The van der Waals surface area contributed by atoms with Gasteiger partial charge >= 0.3 is 0 Å². The van der Waals surface area contributed by atoms with Gasteiger partial charge in [0.15, 0.2) is 0 Å². The van der Waals surface area contributed by atoms with Gasteiger partial charge in [0.2, 0.25) is 0 Å². The van der Waals surface area contributed by atoms with Crippen LogP contribution in [0.1, 0.15) is 17.4 Å². The van der Waals surface area contributed by atoms with Crippen molar-refractivity contribution >= 4 is 65.8 Å². The van der Waals surface area contributed by atoms with Crippen LogP contribution in [0.15, 0.2) is 163 Å². The Bertz CT molecular complexity index is 2660. The van der Waals surface area contributed by atoms with Gasteiger partial charge in [-0.2, -0.15) is 0 Å². The molecule has 0 amide bonds. The number of hydrogen-bond acceptors (Lipinski definition) is 1. The first-order valence-electron chi connectivity index (χ1n) is 15.7. The molecule has 0 bridgehead atoms. The van der Waals surface area contributed by atoms with Crippen LogP contribution in [0.4, 0.5) is 5.69 Å². The van der Waals surface area contributed by atoms with E-state index in [0.717, 1.165) is 44.8 Å². The van der Waals surface area contributed by atoms with Crippen LogP contribution in [-0.2, 0) is 0 Å². The molecule has 1 aliphatic rings. The molecule has 1 aliphatic heterocycles. The third kappa shape index (κ3) is 3.52. The Kier molecular flexibility index (Phi) is 5.31. The Morgan fingerprint density at radius 2 is 1.20 bits per heavy atom. The van der Waals surface area contributed by atoms with Gasteiger partial charge in [0.05, 0.1) is 34.1 Å². The van der Waals surface area contributed by atoms with E-state index in [2.05, 4.69) is 167 Å². The number of fused-ring (bicyclic) bond motifs is 10. The molecule has 3 heterocycles. The summed E-state index contributed by atoms with van der Waals surface area (Å²) in [7, 11) is 0. The first kappa shape index (κ1) is 25.2. The van der Waals surface area contributed by atoms with Gasteiger partial charge in [0.25, 0.3) is 0 Å². The van der Waals surface area contributed by atoms with E-state index in [4.69, 9.17) is 10.3 Å². The third-order valence-electron chi connectivity index (χ3n) is 9.44. The molecule has 10 rings (SSSR count). The second-order valence-electron chi connectivity index (χ2n) is 11.9. The van der Waals surface area contributed by atoms with E-state index in [9.17, 15) is 0 Å². The van der Waals surface area contributed by atoms with Crippen LogP contribution >= 0.6 is 0 Å². The molecule has 4 nitrogen and oxygen atoms in total. The summed E-state index contributed by atoms with van der Waals surface area (Å²) in [5, 5.41) is 12.7. The summed E-state index contributed by atoms with van der Waals surface area (Å²) < 4.78 is 4.81. The van der Waals surface area contributed by atoms with Crippen LogP contribution in [0, 0.1) is 0 Å². The van der Waals surface area contributed by atoms with Crippen LogP contribution in [0.3, 0.4) is 0 Å². The van der Waals surface area contributed by atoms with Gasteiger partial charge < -0.3 is 14.5 Å². The molecule has 1 unspecified atom stereocenters. The number of aliphatic imine (C=N–C) groups is 1. The maximum atomic E-state index is 5.48. The molecule has 0 radical (unpaired) electrons. The minimum atomic E-state index is -0.501. The largest absolute Gasteiger partial charge is 0.646 e. The van der Waals surface area contributed by atoms with Gasteiger partial charge in [-0.1, -0.05) is 133 Å². The molecule has 0 aliphatic carbocycles. The second kappa shape index (κ2) is 9.68. The Labute approximate surface area is 265 Å². The monoisotopic (exact) mass is 587 g/mol. The van der Waals surface area contributed by atoms with Crippen molar-refractivity contribution in [2.75, 3.05) is 0 Å². The minimum absolute atomic E-state index is 0.501. The van der Waals surface area contributed by atoms with E-state index < -0.39 is 6.29 Å². The molecule has 0 saturated heterocycles. The Morgan fingerprint density at radius 1 is 0.500 bits per heavy atom. The maximum absolute atomic E-state index is 5.48. The SMILES string of the molecule is c1ccc(C2=NC(n3c4ccc5ccccc5c4c4ccc5c6ccccc6n(-c6ccccc6)c5c43)[N-]c3ccccc32)cc1. The Morgan fingerprint density at radius 3 is 2.07 bits per heavy atom. The molecule has 2 aromatic heterocycles. The van der Waals surface area contributed by atoms with E-state index in [1.54, 1.807) is 0 Å². The third-order valence-corrected chi connectivity index (χ3v) is 9.44. The topological polar surface area (TPSA) is 36.3 Å². The van der Waals surface area contributed by atoms with Crippen molar-refractivity contribution in [2.45, 2.75) is 6.29 Å². The number of para-hydroxylation sites is 3. The van der Waals surface area contributed by atoms with Gasteiger partial charge in [-0.05, 0) is 40.6 Å². The Balaban J connectivity index is 1.41. The number of benzene rings is 7. The van der Waals surface area contributed by atoms with E-state index in [0.29, 0.717) is 0 Å². The van der Waals surface area contributed by atoms with Gasteiger partial charge in [0.1, 0.15) is 0 Å². The van der Waals surface area contributed by atoms with E-state index in [-0.39, 0.29) is 0 Å². The second-order valence-corrected chi connectivity index (χ2v) is 11.9. The first-order chi connectivity index (χ1) is 22.8. The average molecular weight is 588 g/mol. The molecule has 9 aromatic rings. The average Bonchev–Trinajstić information content (AvgIpc) is 3.65. The lowest BCUT2D eigenvalue weighted by Gasteiger charge is -2.39. The highest BCUT2D eigenvalue weighted by Crippen LogP contribution is 2.47. The lowest BCUT2D eigenvalue weighted by molar-refractivity contribution is 0.656. The van der Waals surface area contributed by atoms with Gasteiger partial charge in [-0.15, -0.1) is 5.69 Å². The first-order valence-corrected chi connectivity index (χ1v) is 15.7. The van der Waals surface area contributed by atoms with E-state index in [1.807, 2.05) is 0 Å². The van der Waals surface area contributed by atoms with E-state index in [1.165, 1.54) is 37.8 Å². The maximum Gasteiger partial charge on any atom is 0.0785 e. The van der Waals surface area contributed by atoms with Crippen molar-refractivity contribution in [3.05, 3.63) is 174 Å². The molecule has 7 aromatic carbocycles. The standard InChI is InChI=1S/C42H27N4/c1-3-14-28(15-4-1)39-33-20-9-11-21-35(33)43-42(44-39)46-37-26-23-27-13-7-8-18-30(27)38(37)34-25-24-32-31-19-10-12-22-36(31)45(40(32)41(34)46)29-16-5-2-6-17-29/h1-26,42H/q-1. The quantitative estimate of drug-likeness (QED) is 0.197. The number of hydrogen-bond donors (Lipinski definition) is 0. The molecule has 4 heteroatoms. The highest BCUT2D eigenvalue weighted by molar-refractivity contribution is 6.28. The van der Waals surface area contributed by atoms with Crippen LogP contribution in [0.2, 0.25) is 0 Å².